The van der Waals surface area contributed by atoms with Crippen LogP contribution in [-0.2, 0) is 0 Å². The van der Waals surface area contributed by atoms with Gasteiger partial charge in [-0.3, -0.25) is 4.79 Å². The number of thiazole rings is 1. The average molecular weight is 534 g/mol. The Morgan fingerprint density at radius 3 is 2.48 bits per heavy atom. The number of anilines is 1. The average Bonchev–Trinajstić information content (AvgIpc) is 3.44. The fourth-order valence-electron chi connectivity index (χ4n) is 3.30. The summed E-state index contributed by atoms with van der Waals surface area (Å²) >= 11 is 26.3. The van der Waals surface area contributed by atoms with Crippen molar-refractivity contribution in [3.8, 4) is 21.9 Å². The van der Waals surface area contributed by atoms with Gasteiger partial charge in [-0.1, -0.05) is 58.5 Å². The Morgan fingerprint density at radius 1 is 0.879 bits per heavy atom. The van der Waals surface area contributed by atoms with Crippen molar-refractivity contribution in [1.29, 1.82) is 0 Å². The molecule has 0 bridgehead atoms. The third-order valence-corrected chi connectivity index (χ3v) is 7.18. The van der Waals surface area contributed by atoms with Gasteiger partial charge in [-0.15, -0.1) is 11.3 Å². The number of furan rings is 1. The summed E-state index contributed by atoms with van der Waals surface area (Å²) in [5.41, 5.74) is 2.57. The molecule has 2 heterocycles. The lowest BCUT2D eigenvalue weighted by Gasteiger charge is -2.11. The SMILES string of the molecule is O=C(Nc1c(Cl)cc(Cl)cc1-c1nc2ccccc2s1)c1ccc(-c2ccc(Cl)c(Cl)c2)o1. The smallest absolute Gasteiger partial charge is 0.291 e. The summed E-state index contributed by atoms with van der Waals surface area (Å²) in [6.07, 6.45) is 0. The Morgan fingerprint density at radius 2 is 1.70 bits per heavy atom. The fraction of sp³-hybridized carbons (Fsp3) is 0. The highest BCUT2D eigenvalue weighted by molar-refractivity contribution is 7.21. The number of fused-ring (bicyclic) bond motifs is 1. The van der Waals surface area contributed by atoms with Crippen molar-refractivity contribution < 1.29 is 9.21 Å². The summed E-state index contributed by atoms with van der Waals surface area (Å²) in [5.74, 6) is 0.123. The van der Waals surface area contributed by atoms with E-state index in [2.05, 4.69) is 10.3 Å². The Hall–Kier alpha value is -2.54. The lowest BCUT2D eigenvalue weighted by atomic mass is 10.1. The monoisotopic (exact) mass is 532 g/mol. The van der Waals surface area contributed by atoms with E-state index in [-0.39, 0.29) is 5.76 Å². The first-order chi connectivity index (χ1) is 15.9. The van der Waals surface area contributed by atoms with Crippen LogP contribution < -0.4 is 5.32 Å². The molecular weight excluding hydrogens is 522 g/mol. The molecule has 164 valence electrons. The summed E-state index contributed by atoms with van der Waals surface area (Å²) in [6, 6.07) is 19.4. The number of halogens is 4. The molecule has 33 heavy (non-hydrogen) atoms. The molecule has 0 radical (unpaired) electrons. The van der Waals surface area contributed by atoms with Crippen LogP contribution in [0.5, 0.6) is 0 Å². The maximum absolute atomic E-state index is 13.0. The normalized spacial score (nSPS) is 11.2. The number of nitrogens with one attached hydrogen (secondary N) is 1. The van der Waals surface area contributed by atoms with E-state index in [1.54, 1.807) is 42.5 Å². The standard InChI is InChI=1S/C24H12Cl4N2O2S/c25-13-10-14(24-29-18-3-1-2-4-21(18)33-24)22(17(28)11-13)30-23(31)20-8-7-19(32-20)12-5-6-15(26)16(27)9-12/h1-11H,(H,30,31). The number of rotatable bonds is 4. The molecule has 5 rings (SSSR count). The van der Waals surface area contributed by atoms with Crippen LogP contribution >= 0.6 is 57.7 Å². The van der Waals surface area contributed by atoms with E-state index in [1.807, 2.05) is 24.3 Å². The molecule has 0 fully saturated rings. The maximum Gasteiger partial charge on any atom is 0.291 e. The van der Waals surface area contributed by atoms with E-state index < -0.39 is 5.91 Å². The van der Waals surface area contributed by atoms with E-state index in [4.69, 9.17) is 50.8 Å². The van der Waals surface area contributed by atoms with Crippen molar-refractivity contribution >= 4 is 79.6 Å². The van der Waals surface area contributed by atoms with Crippen LogP contribution in [0.1, 0.15) is 10.6 Å². The summed E-state index contributed by atoms with van der Waals surface area (Å²) in [5, 5.41) is 5.09. The Kier molecular flexibility index (Phi) is 6.08. The van der Waals surface area contributed by atoms with E-state index in [1.165, 1.54) is 11.3 Å². The Labute approximate surface area is 212 Å². The second-order valence-electron chi connectivity index (χ2n) is 7.04. The van der Waals surface area contributed by atoms with E-state index in [9.17, 15) is 4.79 Å². The van der Waals surface area contributed by atoms with Gasteiger partial charge in [-0.05, 0) is 54.6 Å². The van der Waals surface area contributed by atoms with E-state index in [0.29, 0.717) is 47.7 Å². The van der Waals surface area contributed by atoms with E-state index in [0.717, 1.165) is 10.2 Å². The molecule has 3 aromatic carbocycles. The van der Waals surface area contributed by atoms with Crippen LogP contribution in [0.3, 0.4) is 0 Å². The molecule has 5 aromatic rings. The molecule has 2 aromatic heterocycles. The molecule has 0 spiro atoms. The molecule has 0 aliphatic carbocycles. The van der Waals surface area contributed by atoms with Crippen LogP contribution in [0.15, 0.2) is 71.1 Å². The molecule has 9 heteroatoms. The van der Waals surface area contributed by atoms with Gasteiger partial charge in [0.1, 0.15) is 10.8 Å². The molecule has 1 amide bonds. The molecule has 1 N–H and O–H groups in total. The molecule has 0 aliphatic rings. The minimum absolute atomic E-state index is 0.109. The zero-order valence-corrected chi connectivity index (χ0v) is 20.4. The number of para-hydroxylation sites is 1. The van der Waals surface area contributed by atoms with Crippen molar-refractivity contribution in [2.45, 2.75) is 0 Å². The van der Waals surface area contributed by atoms with Gasteiger partial charge >= 0.3 is 0 Å². The predicted molar refractivity (Wildman–Crippen MR) is 137 cm³/mol. The number of nitrogens with zero attached hydrogens (tertiary/aromatic N) is 1. The van der Waals surface area contributed by atoms with Crippen molar-refractivity contribution in [3.05, 3.63) is 92.6 Å². The zero-order chi connectivity index (χ0) is 23.1. The number of hydrogen-bond donors (Lipinski definition) is 1. The molecule has 0 aliphatic heterocycles. The maximum atomic E-state index is 13.0. The predicted octanol–water partition coefficient (Wildman–Crippen LogP) is 9.09. The number of carbonyl (C=O) groups is 1. The largest absolute Gasteiger partial charge is 0.451 e. The first kappa shape index (κ1) is 22.3. The number of amides is 1. The second kappa shape index (κ2) is 9.01. The third-order valence-electron chi connectivity index (χ3n) is 4.85. The van der Waals surface area contributed by atoms with Crippen molar-refractivity contribution in [3.63, 3.8) is 0 Å². The number of benzene rings is 3. The van der Waals surface area contributed by atoms with Crippen molar-refractivity contribution in [2.24, 2.45) is 0 Å². The van der Waals surface area contributed by atoms with Crippen LogP contribution in [0, 0.1) is 0 Å². The lowest BCUT2D eigenvalue weighted by molar-refractivity contribution is 0.0997. The van der Waals surface area contributed by atoms with E-state index >= 15 is 0 Å². The molecule has 4 nitrogen and oxygen atoms in total. The highest BCUT2D eigenvalue weighted by Crippen LogP contribution is 2.40. The fourth-order valence-corrected chi connectivity index (χ4v) is 5.12. The topological polar surface area (TPSA) is 55.1 Å². The molecule has 0 saturated heterocycles. The Balaban J connectivity index is 1.49. The summed E-state index contributed by atoms with van der Waals surface area (Å²) in [7, 11) is 0. The highest BCUT2D eigenvalue weighted by Gasteiger charge is 2.20. The zero-order valence-electron chi connectivity index (χ0n) is 16.5. The van der Waals surface area contributed by atoms with Gasteiger partial charge in [0.05, 0.1) is 31.0 Å². The molecule has 0 unspecified atom stereocenters. The highest BCUT2D eigenvalue weighted by atomic mass is 35.5. The number of hydrogen-bond acceptors (Lipinski definition) is 4. The quantitative estimate of drug-likeness (QED) is 0.250. The van der Waals surface area contributed by atoms with Gasteiger partial charge in [-0.2, -0.15) is 0 Å². The summed E-state index contributed by atoms with van der Waals surface area (Å²) < 4.78 is 6.77. The first-order valence-electron chi connectivity index (χ1n) is 9.60. The van der Waals surface area contributed by atoms with Gasteiger partial charge < -0.3 is 9.73 Å². The van der Waals surface area contributed by atoms with Crippen LogP contribution in [0.2, 0.25) is 20.1 Å². The van der Waals surface area contributed by atoms with Crippen LogP contribution in [0.25, 0.3) is 32.1 Å². The van der Waals surface area contributed by atoms with Gasteiger partial charge in [0.25, 0.3) is 5.91 Å². The van der Waals surface area contributed by atoms with Crippen LogP contribution in [0.4, 0.5) is 5.69 Å². The second-order valence-corrected chi connectivity index (χ2v) is 9.73. The van der Waals surface area contributed by atoms with Gasteiger partial charge in [0.15, 0.2) is 5.76 Å². The van der Waals surface area contributed by atoms with Gasteiger partial charge in [0.2, 0.25) is 0 Å². The van der Waals surface area contributed by atoms with Crippen molar-refractivity contribution in [2.75, 3.05) is 5.32 Å². The minimum Gasteiger partial charge on any atom is -0.451 e. The molecule has 0 atom stereocenters. The van der Waals surface area contributed by atoms with Gasteiger partial charge in [-0.25, -0.2) is 4.98 Å². The minimum atomic E-state index is -0.465. The number of aromatic nitrogens is 1. The summed E-state index contributed by atoms with van der Waals surface area (Å²) in [6.45, 7) is 0. The van der Waals surface area contributed by atoms with Crippen molar-refractivity contribution in [1.82, 2.24) is 4.98 Å². The lowest BCUT2D eigenvalue weighted by Crippen LogP contribution is -2.12. The van der Waals surface area contributed by atoms with Crippen LogP contribution in [-0.4, -0.2) is 10.9 Å². The summed E-state index contributed by atoms with van der Waals surface area (Å²) in [4.78, 5) is 17.7. The Bertz CT molecular complexity index is 1490. The number of carbonyl (C=O) groups excluding carboxylic acids is 1. The third kappa shape index (κ3) is 4.47. The first-order valence-corrected chi connectivity index (χ1v) is 11.9. The molecular formula is C24H12Cl4N2O2S. The van der Waals surface area contributed by atoms with Gasteiger partial charge in [0, 0.05) is 16.1 Å². The molecule has 0 saturated carbocycles.